The lowest BCUT2D eigenvalue weighted by Gasteiger charge is -2.07. The highest BCUT2D eigenvalue weighted by atomic mass is 32.2. The third-order valence-electron chi connectivity index (χ3n) is 1.83. The molecule has 15 heavy (non-hydrogen) atoms. The van der Waals surface area contributed by atoms with Gasteiger partial charge in [-0.05, 0) is 12.3 Å². The van der Waals surface area contributed by atoms with Gasteiger partial charge in [-0.1, -0.05) is 13.8 Å². The first kappa shape index (κ1) is 14.7. The molecule has 0 aromatic rings. The summed E-state index contributed by atoms with van der Waals surface area (Å²) in [6.45, 7) is 5.76. The number of nitrogens with two attached hydrogens (primary N) is 1. The summed E-state index contributed by atoms with van der Waals surface area (Å²) in [5.74, 6) is 0.975. The zero-order chi connectivity index (χ0) is 11.7. The molecule has 0 saturated carbocycles. The van der Waals surface area contributed by atoms with Crippen LogP contribution < -0.4 is 5.73 Å². The van der Waals surface area contributed by atoms with Crippen molar-refractivity contribution >= 4 is 17.7 Å². The second-order valence-corrected chi connectivity index (χ2v) is 4.96. The summed E-state index contributed by atoms with van der Waals surface area (Å²) < 4.78 is 5.38. The highest BCUT2D eigenvalue weighted by Gasteiger charge is 2.10. The number of hydrogen-bond acceptors (Lipinski definition) is 4. The van der Waals surface area contributed by atoms with Crippen LogP contribution in [0, 0.1) is 5.92 Å². The number of rotatable bonds is 9. The summed E-state index contributed by atoms with van der Waals surface area (Å²) in [7, 11) is 0. The molecule has 5 heteroatoms. The fourth-order valence-corrected chi connectivity index (χ4v) is 1.62. The van der Waals surface area contributed by atoms with Gasteiger partial charge in [0.1, 0.15) is 6.04 Å². The SMILES string of the molecule is CC(C)CCOCCSCC(N)C(=O)O. The lowest BCUT2D eigenvalue weighted by atomic mass is 10.1. The van der Waals surface area contributed by atoms with Crippen molar-refractivity contribution in [3.8, 4) is 0 Å². The molecule has 0 aliphatic carbocycles. The Hall–Kier alpha value is -0.260. The standard InChI is InChI=1S/C10H21NO3S/c1-8(2)3-4-14-5-6-15-7-9(11)10(12)13/h8-9H,3-7,11H2,1-2H3,(H,12,13). The average Bonchev–Trinajstić information content (AvgIpc) is 2.15. The van der Waals surface area contributed by atoms with Gasteiger partial charge in [0.15, 0.2) is 0 Å². The van der Waals surface area contributed by atoms with E-state index in [4.69, 9.17) is 15.6 Å². The number of hydrogen-bond donors (Lipinski definition) is 2. The van der Waals surface area contributed by atoms with E-state index in [1.165, 1.54) is 11.8 Å². The molecule has 4 nitrogen and oxygen atoms in total. The Morgan fingerprint density at radius 2 is 2.13 bits per heavy atom. The lowest BCUT2D eigenvalue weighted by Crippen LogP contribution is -2.32. The predicted octanol–water partition coefficient (Wildman–Crippen LogP) is 1.19. The Bertz CT molecular complexity index is 176. The third-order valence-corrected chi connectivity index (χ3v) is 2.88. The Morgan fingerprint density at radius 1 is 1.47 bits per heavy atom. The zero-order valence-electron chi connectivity index (χ0n) is 9.44. The van der Waals surface area contributed by atoms with Crippen molar-refractivity contribution in [2.75, 3.05) is 24.7 Å². The van der Waals surface area contributed by atoms with Crippen LogP contribution in [0.4, 0.5) is 0 Å². The Labute approximate surface area is 95.6 Å². The summed E-state index contributed by atoms with van der Waals surface area (Å²) in [5, 5.41) is 8.51. The number of ether oxygens (including phenoxy) is 1. The minimum Gasteiger partial charge on any atom is -0.480 e. The van der Waals surface area contributed by atoms with Crippen LogP contribution in [0.15, 0.2) is 0 Å². The zero-order valence-corrected chi connectivity index (χ0v) is 10.3. The van der Waals surface area contributed by atoms with Gasteiger partial charge in [0.2, 0.25) is 0 Å². The van der Waals surface area contributed by atoms with Gasteiger partial charge in [-0.3, -0.25) is 4.79 Å². The summed E-state index contributed by atoms with van der Waals surface area (Å²) in [5.41, 5.74) is 5.34. The van der Waals surface area contributed by atoms with Crippen LogP contribution in [-0.2, 0) is 9.53 Å². The lowest BCUT2D eigenvalue weighted by molar-refractivity contribution is -0.137. The molecule has 3 N–H and O–H groups in total. The molecule has 0 aliphatic heterocycles. The van der Waals surface area contributed by atoms with E-state index in [0.29, 0.717) is 18.3 Å². The van der Waals surface area contributed by atoms with Gasteiger partial charge < -0.3 is 15.6 Å². The molecule has 0 fully saturated rings. The molecule has 0 amide bonds. The second-order valence-electron chi connectivity index (χ2n) is 3.81. The number of thioether (sulfide) groups is 1. The van der Waals surface area contributed by atoms with Crippen LogP contribution in [0.2, 0.25) is 0 Å². The monoisotopic (exact) mass is 235 g/mol. The Balaban J connectivity index is 3.15. The Kier molecular flexibility index (Phi) is 8.85. The molecule has 0 saturated heterocycles. The molecule has 0 bridgehead atoms. The molecule has 0 radical (unpaired) electrons. The summed E-state index contributed by atoms with van der Waals surface area (Å²) in [6, 6.07) is -0.759. The van der Waals surface area contributed by atoms with E-state index in [0.717, 1.165) is 18.8 Å². The Morgan fingerprint density at radius 3 is 2.67 bits per heavy atom. The highest BCUT2D eigenvalue weighted by Crippen LogP contribution is 2.03. The van der Waals surface area contributed by atoms with Crippen LogP contribution in [0.5, 0.6) is 0 Å². The van der Waals surface area contributed by atoms with E-state index >= 15 is 0 Å². The second kappa shape index (κ2) is 9.00. The molecule has 0 spiro atoms. The highest BCUT2D eigenvalue weighted by molar-refractivity contribution is 7.99. The smallest absolute Gasteiger partial charge is 0.321 e. The maximum absolute atomic E-state index is 10.4. The molecule has 0 aromatic heterocycles. The van der Waals surface area contributed by atoms with Crippen LogP contribution in [0.1, 0.15) is 20.3 Å². The topological polar surface area (TPSA) is 72.5 Å². The molecular formula is C10H21NO3S. The first-order chi connectivity index (χ1) is 7.04. The molecule has 1 atom stereocenters. The molecule has 0 aromatic carbocycles. The van der Waals surface area contributed by atoms with Gasteiger partial charge in [0, 0.05) is 18.1 Å². The van der Waals surface area contributed by atoms with Gasteiger partial charge in [0.05, 0.1) is 6.61 Å². The minimum atomic E-state index is -0.941. The van der Waals surface area contributed by atoms with Crippen molar-refractivity contribution in [2.45, 2.75) is 26.3 Å². The number of carboxylic acid groups (broad SMARTS) is 1. The van der Waals surface area contributed by atoms with Crippen LogP contribution in [-0.4, -0.2) is 41.8 Å². The van der Waals surface area contributed by atoms with Crippen molar-refractivity contribution in [1.29, 1.82) is 0 Å². The summed E-state index contributed by atoms with van der Waals surface area (Å²) in [6.07, 6.45) is 1.07. The fraction of sp³-hybridized carbons (Fsp3) is 0.900. The van der Waals surface area contributed by atoms with Crippen molar-refractivity contribution in [3.63, 3.8) is 0 Å². The van der Waals surface area contributed by atoms with Gasteiger partial charge in [-0.25, -0.2) is 0 Å². The van der Waals surface area contributed by atoms with E-state index < -0.39 is 12.0 Å². The maximum Gasteiger partial charge on any atom is 0.321 e. The van der Waals surface area contributed by atoms with Crippen LogP contribution >= 0.6 is 11.8 Å². The van der Waals surface area contributed by atoms with Crippen molar-refractivity contribution in [1.82, 2.24) is 0 Å². The van der Waals surface area contributed by atoms with E-state index in [2.05, 4.69) is 13.8 Å². The fourth-order valence-electron chi connectivity index (χ4n) is 0.821. The maximum atomic E-state index is 10.4. The normalized spacial score (nSPS) is 13.1. The third kappa shape index (κ3) is 10.0. The quantitative estimate of drug-likeness (QED) is 0.587. The van der Waals surface area contributed by atoms with E-state index in [1.807, 2.05) is 0 Å². The number of carbonyl (C=O) groups is 1. The van der Waals surface area contributed by atoms with Crippen molar-refractivity contribution in [2.24, 2.45) is 11.7 Å². The molecule has 90 valence electrons. The van der Waals surface area contributed by atoms with Crippen LogP contribution in [0.3, 0.4) is 0 Å². The van der Waals surface area contributed by atoms with Gasteiger partial charge in [-0.15, -0.1) is 0 Å². The molecule has 1 unspecified atom stereocenters. The molecule has 0 rings (SSSR count). The van der Waals surface area contributed by atoms with Crippen LogP contribution in [0.25, 0.3) is 0 Å². The number of aliphatic carboxylic acids is 1. The van der Waals surface area contributed by atoms with Gasteiger partial charge in [0.25, 0.3) is 0 Å². The predicted molar refractivity (Wildman–Crippen MR) is 63.2 cm³/mol. The largest absolute Gasteiger partial charge is 0.480 e. The van der Waals surface area contributed by atoms with Crippen molar-refractivity contribution < 1.29 is 14.6 Å². The summed E-state index contributed by atoms with van der Waals surface area (Å²) >= 11 is 1.52. The summed E-state index contributed by atoms with van der Waals surface area (Å²) in [4.78, 5) is 10.4. The minimum absolute atomic E-state index is 0.447. The van der Waals surface area contributed by atoms with E-state index in [-0.39, 0.29) is 0 Å². The van der Waals surface area contributed by atoms with Crippen molar-refractivity contribution in [3.05, 3.63) is 0 Å². The van der Waals surface area contributed by atoms with E-state index in [9.17, 15) is 4.79 Å². The molecule has 0 heterocycles. The molecule has 0 aliphatic rings. The first-order valence-electron chi connectivity index (χ1n) is 5.18. The molecular weight excluding hydrogens is 214 g/mol. The van der Waals surface area contributed by atoms with E-state index in [1.54, 1.807) is 0 Å². The van der Waals surface area contributed by atoms with Gasteiger partial charge in [-0.2, -0.15) is 11.8 Å². The first-order valence-corrected chi connectivity index (χ1v) is 6.33. The van der Waals surface area contributed by atoms with Gasteiger partial charge >= 0.3 is 5.97 Å². The average molecular weight is 235 g/mol. The number of carboxylic acids is 1.